The first-order valence-corrected chi connectivity index (χ1v) is 6.93. The summed E-state index contributed by atoms with van der Waals surface area (Å²) < 4.78 is 13.2. The van der Waals surface area contributed by atoms with Gasteiger partial charge in [-0.05, 0) is 41.5 Å². The number of hydrogen-bond donors (Lipinski definition) is 2. The van der Waals surface area contributed by atoms with Gasteiger partial charge in [0.05, 0.1) is 0 Å². The summed E-state index contributed by atoms with van der Waals surface area (Å²) in [6.07, 6.45) is 0. The normalized spacial score (nSPS) is 10.4. The molecule has 0 saturated heterocycles. The van der Waals surface area contributed by atoms with E-state index in [4.69, 9.17) is 11.6 Å². The summed E-state index contributed by atoms with van der Waals surface area (Å²) in [6, 6.07) is 11.8. The fourth-order valence-corrected chi connectivity index (χ4v) is 2.23. The molecule has 2 rings (SSSR count). The molecule has 0 unspecified atom stereocenters. The van der Waals surface area contributed by atoms with Crippen LogP contribution in [0.5, 0.6) is 0 Å². The highest BCUT2D eigenvalue weighted by Gasteiger charge is 2.03. The Morgan fingerprint density at radius 3 is 2.38 bits per heavy atom. The molecule has 0 saturated carbocycles. The van der Waals surface area contributed by atoms with E-state index < -0.39 is 0 Å². The van der Waals surface area contributed by atoms with Gasteiger partial charge in [0, 0.05) is 30.7 Å². The minimum atomic E-state index is -0.339. The van der Waals surface area contributed by atoms with Crippen LogP contribution in [0.1, 0.15) is 21.5 Å². The third kappa shape index (κ3) is 4.55. The minimum Gasteiger partial charge on any atom is -0.355 e. The fraction of sp³-hybridized carbons (Fsp3) is 0.188. The number of amides is 1. The first kappa shape index (κ1) is 15.5. The van der Waals surface area contributed by atoms with Crippen LogP contribution in [0.4, 0.5) is 4.39 Å². The molecule has 2 aromatic carbocycles. The topological polar surface area (TPSA) is 41.1 Å². The Morgan fingerprint density at radius 1 is 1.10 bits per heavy atom. The quantitative estimate of drug-likeness (QED) is 0.891. The van der Waals surface area contributed by atoms with E-state index in [-0.39, 0.29) is 11.7 Å². The van der Waals surface area contributed by atoms with Gasteiger partial charge in [0.1, 0.15) is 5.82 Å². The van der Waals surface area contributed by atoms with Gasteiger partial charge in [-0.3, -0.25) is 4.79 Å². The molecule has 0 fully saturated rings. The predicted molar refractivity (Wildman–Crippen MR) is 81.8 cm³/mol. The summed E-state index contributed by atoms with van der Waals surface area (Å²) in [4.78, 5) is 11.4. The van der Waals surface area contributed by atoms with Gasteiger partial charge in [-0.25, -0.2) is 4.39 Å². The van der Waals surface area contributed by atoms with E-state index in [9.17, 15) is 9.18 Å². The van der Waals surface area contributed by atoms with Gasteiger partial charge >= 0.3 is 0 Å². The van der Waals surface area contributed by atoms with Crippen molar-refractivity contribution in [3.8, 4) is 0 Å². The van der Waals surface area contributed by atoms with Gasteiger partial charge in [-0.1, -0.05) is 23.7 Å². The van der Waals surface area contributed by atoms with Crippen LogP contribution in [0, 0.1) is 5.82 Å². The predicted octanol–water partition coefficient (Wildman–Crippen LogP) is 3.13. The Bertz CT molecular complexity index is 608. The van der Waals surface area contributed by atoms with Crippen LogP contribution in [0.3, 0.4) is 0 Å². The van der Waals surface area contributed by atoms with Gasteiger partial charge in [0.2, 0.25) is 0 Å². The van der Waals surface area contributed by atoms with E-state index in [1.54, 1.807) is 25.2 Å². The number of benzene rings is 2. The highest BCUT2D eigenvalue weighted by Crippen LogP contribution is 2.14. The van der Waals surface area contributed by atoms with Crippen molar-refractivity contribution in [1.29, 1.82) is 0 Å². The molecule has 0 aliphatic rings. The largest absolute Gasteiger partial charge is 0.355 e. The molecule has 0 spiro atoms. The Balaban J connectivity index is 1.90. The van der Waals surface area contributed by atoms with Crippen LogP contribution in [0.25, 0.3) is 0 Å². The van der Waals surface area contributed by atoms with Crippen molar-refractivity contribution in [2.24, 2.45) is 0 Å². The summed E-state index contributed by atoms with van der Waals surface area (Å²) in [7, 11) is 1.60. The number of hydrogen-bond acceptors (Lipinski definition) is 2. The maximum atomic E-state index is 13.2. The lowest BCUT2D eigenvalue weighted by Gasteiger charge is -2.07. The van der Waals surface area contributed by atoms with E-state index in [0.29, 0.717) is 23.7 Å². The first-order chi connectivity index (χ1) is 10.1. The van der Waals surface area contributed by atoms with E-state index in [1.807, 2.05) is 12.1 Å². The highest BCUT2D eigenvalue weighted by atomic mass is 35.5. The van der Waals surface area contributed by atoms with Crippen molar-refractivity contribution in [2.75, 3.05) is 7.05 Å². The molecule has 110 valence electrons. The lowest BCUT2D eigenvalue weighted by Crippen LogP contribution is -2.18. The van der Waals surface area contributed by atoms with Gasteiger partial charge < -0.3 is 10.6 Å². The summed E-state index contributed by atoms with van der Waals surface area (Å²) in [6.45, 7) is 1.15. The van der Waals surface area contributed by atoms with Crippen LogP contribution >= 0.6 is 11.6 Å². The van der Waals surface area contributed by atoms with Crippen LogP contribution in [0.2, 0.25) is 5.02 Å². The lowest BCUT2D eigenvalue weighted by molar-refractivity contribution is 0.0963. The third-order valence-corrected chi connectivity index (χ3v) is 3.24. The summed E-state index contributed by atoms with van der Waals surface area (Å²) in [5.41, 5.74) is 2.46. The first-order valence-electron chi connectivity index (χ1n) is 6.55. The highest BCUT2D eigenvalue weighted by molar-refractivity contribution is 6.30. The van der Waals surface area contributed by atoms with E-state index >= 15 is 0 Å². The molecule has 0 aromatic heterocycles. The molecule has 0 atom stereocenters. The molecule has 21 heavy (non-hydrogen) atoms. The average Bonchev–Trinajstić information content (AvgIpc) is 2.46. The summed E-state index contributed by atoms with van der Waals surface area (Å²) in [5, 5.41) is 6.17. The number of halogens is 2. The molecule has 5 heteroatoms. The van der Waals surface area contributed by atoms with Crippen LogP contribution in [0.15, 0.2) is 42.5 Å². The molecule has 1 amide bonds. The molecule has 0 aliphatic heterocycles. The Hall–Kier alpha value is -1.91. The van der Waals surface area contributed by atoms with Crippen molar-refractivity contribution in [3.05, 3.63) is 70.0 Å². The summed E-state index contributed by atoms with van der Waals surface area (Å²) >= 11 is 5.80. The molecule has 0 bridgehead atoms. The second-order valence-electron chi connectivity index (χ2n) is 4.66. The smallest absolute Gasteiger partial charge is 0.251 e. The maximum Gasteiger partial charge on any atom is 0.251 e. The minimum absolute atomic E-state index is 0.107. The van der Waals surface area contributed by atoms with Gasteiger partial charge in [0.15, 0.2) is 0 Å². The van der Waals surface area contributed by atoms with Gasteiger partial charge in [0.25, 0.3) is 5.91 Å². The number of carbonyl (C=O) groups is 1. The van der Waals surface area contributed by atoms with Gasteiger partial charge in [-0.15, -0.1) is 0 Å². The molecule has 0 radical (unpaired) electrons. The third-order valence-electron chi connectivity index (χ3n) is 3.02. The molecule has 2 N–H and O–H groups in total. The van der Waals surface area contributed by atoms with E-state index in [0.717, 1.165) is 11.1 Å². The second-order valence-corrected chi connectivity index (χ2v) is 5.09. The zero-order chi connectivity index (χ0) is 15.2. The zero-order valence-corrected chi connectivity index (χ0v) is 12.4. The Labute approximate surface area is 128 Å². The Morgan fingerprint density at radius 2 is 1.76 bits per heavy atom. The van der Waals surface area contributed by atoms with E-state index in [2.05, 4.69) is 10.6 Å². The van der Waals surface area contributed by atoms with Crippen LogP contribution in [-0.2, 0) is 13.1 Å². The fourth-order valence-electron chi connectivity index (χ4n) is 1.98. The second kappa shape index (κ2) is 7.20. The maximum absolute atomic E-state index is 13.2. The monoisotopic (exact) mass is 306 g/mol. The summed E-state index contributed by atoms with van der Waals surface area (Å²) in [5.74, 6) is -0.446. The van der Waals surface area contributed by atoms with Gasteiger partial charge in [-0.2, -0.15) is 0 Å². The molecule has 0 heterocycles. The molecular formula is C16H16ClFN2O. The SMILES string of the molecule is CNC(=O)c1ccc(CNCc2cc(F)cc(Cl)c2)cc1. The van der Waals surface area contributed by atoms with Crippen molar-refractivity contribution in [2.45, 2.75) is 13.1 Å². The van der Waals surface area contributed by atoms with Crippen LogP contribution < -0.4 is 10.6 Å². The van der Waals surface area contributed by atoms with Crippen molar-refractivity contribution in [3.63, 3.8) is 0 Å². The molecule has 2 aromatic rings. The number of rotatable bonds is 5. The van der Waals surface area contributed by atoms with Crippen molar-refractivity contribution >= 4 is 17.5 Å². The van der Waals surface area contributed by atoms with Crippen molar-refractivity contribution in [1.82, 2.24) is 10.6 Å². The molecular weight excluding hydrogens is 291 g/mol. The molecule has 0 aliphatic carbocycles. The standard InChI is InChI=1S/C16H16ClFN2O/c1-19-16(21)13-4-2-11(3-5-13)9-20-10-12-6-14(17)8-15(18)7-12/h2-8,20H,9-10H2,1H3,(H,19,21). The zero-order valence-electron chi connectivity index (χ0n) is 11.6. The van der Waals surface area contributed by atoms with Crippen LogP contribution in [-0.4, -0.2) is 13.0 Å². The Kier molecular flexibility index (Phi) is 5.31. The lowest BCUT2D eigenvalue weighted by atomic mass is 10.1. The average molecular weight is 307 g/mol. The van der Waals surface area contributed by atoms with E-state index in [1.165, 1.54) is 12.1 Å². The van der Waals surface area contributed by atoms with Crippen molar-refractivity contribution < 1.29 is 9.18 Å². The number of nitrogens with one attached hydrogen (secondary N) is 2. The molecule has 3 nitrogen and oxygen atoms in total. The number of carbonyl (C=O) groups excluding carboxylic acids is 1.